The van der Waals surface area contributed by atoms with Crippen molar-refractivity contribution in [2.24, 2.45) is 0 Å². The van der Waals surface area contributed by atoms with Crippen LogP contribution in [0, 0.1) is 0 Å². The Bertz CT molecular complexity index is 502. The van der Waals surface area contributed by atoms with Gasteiger partial charge in [-0.05, 0) is 25.5 Å². The van der Waals surface area contributed by atoms with E-state index in [1.54, 1.807) is 0 Å². The van der Waals surface area contributed by atoms with Crippen molar-refractivity contribution in [3.05, 3.63) is 52.0 Å². The lowest BCUT2D eigenvalue weighted by molar-refractivity contribution is 0.585. The third-order valence-corrected chi connectivity index (χ3v) is 4.52. The molecular formula is C15H18N2S. The molecule has 1 unspecified atom stereocenters. The van der Waals surface area contributed by atoms with Crippen LogP contribution in [0.4, 0.5) is 0 Å². The van der Waals surface area contributed by atoms with Crippen LogP contribution < -0.4 is 5.32 Å². The van der Waals surface area contributed by atoms with Crippen LogP contribution in [-0.2, 0) is 6.42 Å². The molecule has 0 amide bonds. The van der Waals surface area contributed by atoms with Crippen molar-refractivity contribution in [1.29, 1.82) is 0 Å². The molecule has 1 atom stereocenters. The van der Waals surface area contributed by atoms with Crippen LogP contribution in [0.5, 0.6) is 0 Å². The highest BCUT2D eigenvalue weighted by Gasteiger charge is 2.26. The second kappa shape index (κ2) is 5.21. The highest BCUT2D eigenvalue weighted by atomic mass is 32.1. The molecule has 1 N–H and O–H groups in total. The molecule has 18 heavy (non-hydrogen) atoms. The van der Waals surface area contributed by atoms with Crippen LogP contribution in [0.1, 0.15) is 41.1 Å². The average molecular weight is 258 g/mol. The van der Waals surface area contributed by atoms with Crippen molar-refractivity contribution in [2.75, 3.05) is 7.05 Å². The van der Waals surface area contributed by atoms with E-state index < -0.39 is 0 Å². The second-order valence-electron chi connectivity index (χ2n) is 4.91. The molecule has 2 nitrogen and oxygen atoms in total. The summed E-state index contributed by atoms with van der Waals surface area (Å²) < 4.78 is 0. The van der Waals surface area contributed by atoms with Gasteiger partial charge < -0.3 is 5.32 Å². The number of nitrogens with zero attached hydrogens (tertiary/aromatic N) is 1. The van der Waals surface area contributed by atoms with Gasteiger partial charge in [-0.15, -0.1) is 11.3 Å². The van der Waals surface area contributed by atoms with Crippen LogP contribution in [0.3, 0.4) is 0 Å². The number of hydrogen-bond acceptors (Lipinski definition) is 3. The number of nitrogens with one attached hydrogen (secondary N) is 1. The summed E-state index contributed by atoms with van der Waals surface area (Å²) in [5.74, 6) is 0.772. The number of rotatable bonds is 5. The standard InChI is InChI=1S/C15H18N2S/c1-16-14(11-5-3-2-4-6-11)9-13-10-18-15(17-13)12-7-8-12/h2-6,10,12,14,16H,7-9H2,1H3. The molecule has 0 saturated heterocycles. The predicted molar refractivity (Wildman–Crippen MR) is 76.0 cm³/mol. The quantitative estimate of drug-likeness (QED) is 0.887. The lowest BCUT2D eigenvalue weighted by Crippen LogP contribution is -2.18. The van der Waals surface area contributed by atoms with E-state index in [2.05, 4.69) is 41.0 Å². The van der Waals surface area contributed by atoms with Gasteiger partial charge in [-0.3, -0.25) is 0 Å². The zero-order valence-electron chi connectivity index (χ0n) is 10.6. The predicted octanol–water partition coefficient (Wildman–Crippen LogP) is 3.52. The zero-order valence-corrected chi connectivity index (χ0v) is 11.4. The van der Waals surface area contributed by atoms with E-state index >= 15 is 0 Å². The van der Waals surface area contributed by atoms with Gasteiger partial charge in [0.2, 0.25) is 0 Å². The van der Waals surface area contributed by atoms with E-state index in [0.29, 0.717) is 6.04 Å². The third-order valence-electron chi connectivity index (χ3n) is 3.46. The molecule has 0 radical (unpaired) electrons. The monoisotopic (exact) mass is 258 g/mol. The summed E-state index contributed by atoms with van der Waals surface area (Å²) in [6.45, 7) is 0. The third kappa shape index (κ3) is 2.62. The molecule has 1 aliphatic carbocycles. The van der Waals surface area contributed by atoms with Gasteiger partial charge in [-0.25, -0.2) is 4.98 Å². The first kappa shape index (κ1) is 11.9. The molecule has 0 spiro atoms. The number of aromatic nitrogens is 1. The van der Waals surface area contributed by atoms with Gasteiger partial charge in [-0.1, -0.05) is 30.3 Å². The largest absolute Gasteiger partial charge is 0.313 e. The summed E-state index contributed by atoms with van der Waals surface area (Å²) in [5.41, 5.74) is 2.56. The fraction of sp³-hybridized carbons (Fsp3) is 0.400. The molecule has 1 heterocycles. The molecule has 0 bridgehead atoms. The second-order valence-corrected chi connectivity index (χ2v) is 5.80. The molecule has 3 rings (SSSR count). The van der Waals surface area contributed by atoms with Crippen molar-refractivity contribution in [1.82, 2.24) is 10.3 Å². The average Bonchev–Trinajstić information content (AvgIpc) is 3.17. The van der Waals surface area contributed by atoms with Crippen molar-refractivity contribution in [3.63, 3.8) is 0 Å². The van der Waals surface area contributed by atoms with E-state index in [9.17, 15) is 0 Å². The summed E-state index contributed by atoms with van der Waals surface area (Å²) >= 11 is 1.83. The summed E-state index contributed by atoms with van der Waals surface area (Å²) in [7, 11) is 2.02. The Morgan fingerprint density at radius 3 is 2.78 bits per heavy atom. The SMILES string of the molecule is CNC(Cc1csc(C2CC2)n1)c1ccccc1. The van der Waals surface area contributed by atoms with Crippen LogP contribution in [0.2, 0.25) is 0 Å². The van der Waals surface area contributed by atoms with Crippen molar-refractivity contribution in [2.45, 2.75) is 31.2 Å². The summed E-state index contributed by atoms with van der Waals surface area (Å²) in [5, 5.41) is 6.95. The Morgan fingerprint density at radius 1 is 1.33 bits per heavy atom. The zero-order chi connectivity index (χ0) is 12.4. The van der Waals surface area contributed by atoms with Crippen molar-refractivity contribution in [3.8, 4) is 0 Å². The van der Waals surface area contributed by atoms with Crippen LogP contribution in [0.25, 0.3) is 0 Å². The summed E-state index contributed by atoms with van der Waals surface area (Å²) in [4.78, 5) is 4.76. The molecule has 1 aromatic carbocycles. The Hall–Kier alpha value is -1.19. The normalized spacial score (nSPS) is 16.7. The lowest BCUT2D eigenvalue weighted by Gasteiger charge is -2.15. The van der Waals surface area contributed by atoms with Gasteiger partial charge in [0.05, 0.1) is 10.7 Å². The maximum atomic E-state index is 4.76. The fourth-order valence-electron chi connectivity index (χ4n) is 2.22. The van der Waals surface area contributed by atoms with Crippen molar-refractivity contribution >= 4 is 11.3 Å². The maximum absolute atomic E-state index is 4.76. The van der Waals surface area contributed by atoms with Gasteiger partial charge in [-0.2, -0.15) is 0 Å². The molecule has 2 aromatic rings. The molecule has 1 saturated carbocycles. The minimum Gasteiger partial charge on any atom is -0.313 e. The minimum absolute atomic E-state index is 0.361. The molecule has 1 aromatic heterocycles. The van der Waals surface area contributed by atoms with Crippen LogP contribution in [-0.4, -0.2) is 12.0 Å². The Kier molecular flexibility index (Phi) is 3.43. The topological polar surface area (TPSA) is 24.9 Å². The number of likely N-dealkylation sites (N-methyl/N-ethyl adjacent to an activating group) is 1. The Morgan fingerprint density at radius 2 is 2.11 bits per heavy atom. The van der Waals surface area contributed by atoms with Gasteiger partial charge in [0.15, 0.2) is 0 Å². The minimum atomic E-state index is 0.361. The van der Waals surface area contributed by atoms with Crippen LogP contribution in [0.15, 0.2) is 35.7 Å². The summed E-state index contributed by atoms with van der Waals surface area (Å²) in [6.07, 6.45) is 3.64. The van der Waals surface area contributed by atoms with E-state index in [4.69, 9.17) is 4.98 Å². The number of hydrogen-bond donors (Lipinski definition) is 1. The first-order valence-electron chi connectivity index (χ1n) is 6.53. The van der Waals surface area contributed by atoms with Gasteiger partial charge in [0, 0.05) is 23.8 Å². The fourth-order valence-corrected chi connectivity index (χ4v) is 3.22. The van der Waals surface area contributed by atoms with Crippen molar-refractivity contribution < 1.29 is 0 Å². The first-order valence-corrected chi connectivity index (χ1v) is 7.41. The van der Waals surface area contributed by atoms with E-state index in [0.717, 1.165) is 12.3 Å². The molecule has 0 aliphatic heterocycles. The first-order chi connectivity index (χ1) is 8.86. The molecule has 1 fully saturated rings. The maximum Gasteiger partial charge on any atom is 0.0959 e. The van der Waals surface area contributed by atoms with Crippen LogP contribution >= 0.6 is 11.3 Å². The van der Waals surface area contributed by atoms with Gasteiger partial charge in [0.1, 0.15) is 0 Å². The number of benzene rings is 1. The lowest BCUT2D eigenvalue weighted by atomic mass is 10.0. The van der Waals surface area contributed by atoms with E-state index in [1.165, 1.54) is 29.1 Å². The molecule has 1 aliphatic rings. The van der Waals surface area contributed by atoms with E-state index in [-0.39, 0.29) is 0 Å². The highest BCUT2D eigenvalue weighted by Crippen LogP contribution is 2.41. The summed E-state index contributed by atoms with van der Waals surface area (Å²) in [6, 6.07) is 11.0. The van der Waals surface area contributed by atoms with Gasteiger partial charge in [0.25, 0.3) is 0 Å². The molecule has 3 heteroatoms. The van der Waals surface area contributed by atoms with E-state index in [1.807, 2.05) is 18.4 Å². The highest BCUT2D eigenvalue weighted by molar-refractivity contribution is 7.09. The smallest absolute Gasteiger partial charge is 0.0959 e. The Labute approximate surface area is 112 Å². The Balaban J connectivity index is 1.72. The number of thiazole rings is 1. The van der Waals surface area contributed by atoms with Gasteiger partial charge >= 0.3 is 0 Å². The molecule has 94 valence electrons. The molecular weight excluding hydrogens is 240 g/mol.